The minimum absolute atomic E-state index is 0.455. The van der Waals surface area contributed by atoms with Crippen LogP contribution in [0.4, 0.5) is 17.2 Å². The standard InChI is InChI=1S/C19H14ClN5O/c20-15-9-13(25-19-18-16(6-7-22-18)23-11-24-19)4-5-17(15)26-14-3-1-2-12(8-14)10-21/h1-5,8-9,11,22H,6-7H2,(H,23,24,25). The Morgan fingerprint density at radius 3 is 2.96 bits per heavy atom. The Hall–Kier alpha value is -3.30. The van der Waals surface area contributed by atoms with Crippen molar-refractivity contribution in [2.75, 3.05) is 17.2 Å². The fraction of sp³-hybridized carbons (Fsp3) is 0.105. The third-order valence-corrected chi connectivity index (χ3v) is 4.27. The Bertz CT molecular complexity index is 1020. The molecule has 1 aliphatic heterocycles. The van der Waals surface area contributed by atoms with Crippen LogP contribution in [0.2, 0.25) is 5.02 Å². The Kier molecular flexibility index (Phi) is 4.30. The lowest BCUT2D eigenvalue weighted by atomic mass is 10.2. The molecule has 2 N–H and O–H groups in total. The molecule has 128 valence electrons. The first kappa shape index (κ1) is 16.2. The molecule has 1 aromatic heterocycles. The lowest BCUT2D eigenvalue weighted by molar-refractivity contribution is 0.483. The second kappa shape index (κ2) is 6.90. The first-order chi connectivity index (χ1) is 12.7. The fourth-order valence-electron chi connectivity index (χ4n) is 2.75. The molecule has 2 heterocycles. The highest BCUT2D eigenvalue weighted by molar-refractivity contribution is 6.32. The minimum Gasteiger partial charge on any atom is -0.456 e. The summed E-state index contributed by atoms with van der Waals surface area (Å²) in [4.78, 5) is 8.57. The van der Waals surface area contributed by atoms with Gasteiger partial charge in [-0.25, -0.2) is 9.97 Å². The highest BCUT2D eigenvalue weighted by atomic mass is 35.5. The number of ether oxygens (including phenoxy) is 1. The van der Waals surface area contributed by atoms with E-state index in [1.165, 1.54) is 0 Å². The molecular weight excluding hydrogens is 350 g/mol. The normalized spacial score (nSPS) is 12.0. The van der Waals surface area contributed by atoms with Crippen molar-refractivity contribution in [3.63, 3.8) is 0 Å². The molecule has 0 radical (unpaired) electrons. The second-order valence-corrected chi connectivity index (χ2v) is 6.14. The number of halogens is 1. The molecule has 0 saturated carbocycles. The van der Waals surface area contributed by atoms with E-state index in [0.717, 1.165) is 35.9 Å². The van der Waals surface area contributed by atoms with Gasteiger partial charge in [-0.2, -0.15) is 5.26 Å². The molecule has 0 saturated heterocycles. The highest BCUT2D eigenvalue weighted by Gasteiger charge is 2.16. The average molecular weight is 364 g/mol. The summed E-state index contributed by atoms with van der Waals surface area (Å²) in [5.41, 5.74) is 3.26. The smallest absolute Gasteiger partial charge is 0.157 e. The van der Waals surface area contributed by atoms with Gasteiger partial charge in [-0.05, 0) is 36.4 Å². The molecule has 1 aliphatic rings. The van der Waals surface area contributed by atoms with E-state index >= 15 is 0 Å². The summed E-state index contributed by atoms with van der Waals surface area (Å²) >= 11 is 6.36. The van der Waals surface area contributed by atoms with Crippen LogP contribution in [0.25, 0.3) is 0 Å². The number of anilines is 3. The van der Waals surface area contributed by atoms with E-state index in [1.807, 2.05) is 6.07 Å². The van der Waals surface area contributed by atoms with E-state index in [4.69, 9.17) is 21.6 Å². The Labute approximate surface area is 155 Å². The van der Waals surface area contributed by atoms with Crippen molar-refractivity contribution >= 4 is 28.8 Å². The largest absolute Gasteiger partial charge is 0.456 e. The van der Waals surface area contributed by atoms with Gasteiger partial charge in [0, 0.05) is 18.7 Å². The quantitative estimate of drug-likeness (QED) is 0.709. The van der Waals surface area contributed by atoms with Crippen LogP contribution in [0.15, 0.2) is 48.8 Å². The van der Waals surface area contributed by atoms with Crippen molar-refractivity contribution in [2.24, 2.45) is 0 Å². The van der Waals surface area contributed by atoms with Crippen LogP contribution in [0.1, 0.15) is 11.3 Å². The molecule has 0 unspecified atom stereocenters. The van der Waals surface area contributed by atoms with Gasteiger partial charge in [-0.15, -0.1) is 0 Å². The van der Waals surface area contributed by atoms with E-state index in [9.17, 15) is 0 Å². The summed E-state index contributed by atoms with van der Waals surface area (Å²) in [6, 6.07) is 14.4. The van der Waals surface area contributed by atoms with E-state index < -0.39 is 0 Å². The van der Waals surface area contributed by atoms with Gasteiger partial charge < -0.3 is 15.4 Å². The summed E-state index contributed by atoms with van der Waals surface area (Å²) in [6.07, 6.45) is 2.44. The van der Waals surface area contributed by atoms with Gasteiger partial charge in [0.05, 0.1) is 28.0 Å². The number of benzene rings is 2. The highest BCUT2D eigenvalue weighted by Crippen LogP contribution is 2.34. The van der Waals surface area contributed by atoms with Crippen LogP contribution in [0.3, 0.4) is 0 Å². The van der Waals surface area contributed by atoms with E-state index in [-0.39, 0.29) is 0 Å². The Morgan fingerprint density at radius 1 is 1.19 bits per heavy atom. The van der Waals surface area contributed by atoms with Crippen molar-refractivity contribution in [1.82, 2.24) is 9.97 Å². The molecule has 0 spiro atoms. The van der Waals surface area contributed by atoms with E-state index in [2.05, 4.69) is 26.7 Å². The summed E-state index contributed by atoms with van der Waals surface area (Å²) in [7, 11) is 0. The predicted molar refractivity (Wildman–Crippen MR) is 100 cm³/mol. The van der Waals surface area contributed by atoms with Crippen LogP contribution in [-0.4, -0.2) is 16.5 Å². The molecule has 0 atom stereocenters. The van der Waals surface area contributed by atoms with Gasteiger partial charge in [0.25, 0.3) is 0 Å². The summed E-state index contributed by atoms with van der Waals surface area (Å²) in [5, 5.41) is 16.0. The average Bonchev–Trinajstić information content (AvgIpc) is 3.14. The van der Waals surface area contributed by atoms with Crippen molar-refractivity contribution in [2.45, 2.75) is 6.42 Å². The molecule has 0 fully saturated rings. The molecule has 7 heteroatoms. The second-order valence-electron chi connectivity index (χ2n) is 5.73. The van der Waals surface area contributed by atoms with Crippen LogP contribution < -0.4 is 15.4 Å². The third kappa shape index (κ3) is 3.25. The summed E-state index contributed by atoms with van der Waals surface area (Å²) < 4.78 is 5.78. The fourth-order valence-corrected chi connectivity index (χ4v) is 2.97. The number of fused-ring (bicyclic) bond motifs is 1. The van der Waals surface area contributed by atoms with Gasteiger partial charge >= 0.3 is 0 Å². The number of hydrogen-bond donors (Lipinski definition) is 2. The van der Waals surface area contributed by atoms with Crippen molar-refractivity contribution in [3.8, 4) is 17.6 Å². The van der Waals surface area contributed by atoms with Crippen molar-refractivity contribution in [1.29, 1.82) is 5.26 Å². The van der Waals surface area contributed by atoms with Crippen LogP contribution in [-0.2, 0) is 6.42 Å². The molecule has 3 aromatic rings. The Morgan fingerprint density at radius 2 is 2.12 bits per heavy atom. The lowest BCUT2D eigenvalue weighted by Gasteiger charge is -2.12. The van der Waals surface area contributed by atoms with E-state index in [1.54, 1.807) is 42.7 Å². The third-order valence-electron chi connectivity index (χ3n) is 3.97. The molecule has 4 rings (SSSR count). The molecule has 0 bridgehead atoms. The molecular formula is C19H14ClN5O. The molecule has 0 aliphatic carbocycles. The van der Waals surface area contributed by atoms with Crippen molar-refractivity contribution < 1.29 is 4.74 Å². The Balaban J connectivity index is 1.55. The van der Waals surface area contributed by atoms with Gasteiger partial charge in [0.2, 0.25) is 0 Å². The lowest BCUT2D eigenvalue weighted by Crippen LogP contribution is -2.00. The summed E-state index contributed by atoms with van der Waals surface area (Å²) in [5.74, 6) is 1.79. The number of nitriles is 1. The predicted octanol–water partition coefficient (Wildman–Crippen LogP) is 4.51. The van der Waals surface area contributed by atoms with Crippen LogP contribution >= 0.6 is 11.6 Å². The van der Waals surface area contributed by atoms with Gasteiger partial charge in [-0.1, -0.05) is 17.7 Å². The monoisotopic (exact) mass is 363 g/mol. The number of rotatable bonds is 4. The molecule has 0 amide bonds. The number of nitrogens with zero attached hydrogens (tertiary/aromatic N) is 3. The SMILES string of the molecule is N#Cc1cccc(Oc2ccc(Nc3ncnc4c3NCC4)cc2Cl)c1. The van der Waals surface area contributed by atoms with E-state index in [0.29, 0.717) is 22.1 Å². The minimum atomic E-state index is 0.455. The zero-order valence-electron chi connectivity index (χ0n) is 13.7. The zero-order valence-corrected chi connectivity index (χ0v) is 14.4. The first-order valence-corrected chi connectivity index (χ1v) is 8.43. The maximum atomic E-state index is 8.97. The van der Waals surface area contributed by atoms with Gasteiger partial charge in [-0.3, -0.25) is 0 Å². The first-order valence-electron chi connectivity index (χ1n) is 8.05. The molecule has 26 heavy (non-hydrogen) atoms. The maximum Gasteiger partial charge on any atom is 0.157 e. The number of hydrogen-bond acceptors (Lipinski definition) is 6. The van der Waals surface area contributed by atoms with Crippen LogP contribution in [0.5, 0.6) is 11.5 Å². The topological polar surface area (TPSA) is 82.9 Å². The number of nitrogens with one attached hydrogen (secondary N) is 2. The summed E-state index contributed by atoms with van der Waals surface area (Å²) in [6.45, 7) is 0.859. The maximum absolute atomic E-state index is 8.97. The van der Waals surface area contributed by atoms with Crippen LogP contribution in [0, 0.1) is 11.3 Å². The van der Waals surface area contributed by atoms with Crippen molar-refractivity contribution in [3.05, 3.63) is 65.1 Å². The molecule has 2 aromatic carbocycles. The van der Waals surface area contributed by atoms with Gasteiger partial charge in [0.1, 0.15) is 17.8 Å². The zero-order chi connectivity index (χ0) is 17.9. The number of aromatic nitrogens is 2. The molecule has 6 nitrogen and oxygen atoms in total. The van der Waals surface area contributed by atoms with Gasteiger partial charge in [0.15, 0.2) is 5.82 Å².